The van der Waals surface area contributed by atoms with Crippen molar-refractivity contribution >= 4 is 22.7 Å². The number of carbonyl (C=O) groups excluding carboxylic acids is 2. The number of methoxy groups -OCH3 is 1. The quantitative estimate of drug-likeness (QED) is 0.757. The van der Waals surface area contributed by atoms with E-state index in [2.05, 4.69) is 10.3 Å². The maximum atomic E-state index is 12.4. The summed E-state index contributed by atoms with van der Waals surface area (Å²) in [5.74, 6) is 0.446. The SMILES string of the molecule is COc1ccc2nc(C(=O)NCc3ccc(C(=O)N(C)C)cc3)ccc2c1. The molecule has 1 heterocycles. The molecule has 0 fully saturated rings. The molecule has 0 aliphatic heterocycles. The molecule has 2 aromatic carbocycles. The van der Waals surface area contributed by atoms with E-state index in [1.807, 2.05) is 36.4 Å². The fraction of sp³-hybridized carbons (Fsp3) is 0.190. The number of amides is 2. The van der Waals surface area contributed by atoms with E-state index in [0.29, 0.717) is 17.8 Å². The topological polar surface area (TPSA) is 71.5 Å². The molecule has 138 valence electrons. The Kier molecular flexibility index (Phi) is 5.35. The Bertz CT molecular complexity index is 982. The average Bonchev–Trinajstić information content (AvgIpc) is 2.70. The summed E-state index contributed by atoms with van der Waals surface area (Å²) in [4.78, 5) is 30.2. The number of carbonyl (C=O) groups is 2. The van der Waals surface area contributed by atoms with Crippen molar-refractivity contribution in [2.45, 2.75) is 6.54 Å². The molecule has 27 heavy (non-hydrogen) atoms. The van der Waals surface area contributed by atoms with Crippen molar-refractivity contribution in [3.63, 3.8) is 0 Å². The number of hydrogen-bond acceptors (Lipinski definition) is 4. The van der Waals surface area contributed by atoms with E-state index in [1.165, 1.54) is 4.90 Å². The molecule has 1 N–H and O–H groups in total. The van der Waals surface area contributed by atoms with Crippen LogP contribution in [0, 0.1) is 0 Å². The van der Waals surface area contributed by atoms with Crippen LogP contribution in [0.1, 0.15) is 26.4 Å². The molecule has 0 aliphatic rings. The van der Waals surface area contributed by atoms with Crippen LogP contribution in [0.15, 0.2) is 54.6 Å². The van der Waals surface area contributed by atoms with Gasteiger partial charge in [-0.05, 0) is 42.0 Å². The van der Waals surface area contributed by atoms with Crippen molar-refractivity contribution < 1.29 is 14.3 Å². The molecule has 0 spiro atoms. The minimum Gasteiger partial charge on any atom is -0.497 e. The third-order valence-corrected chi connectivity index (χ3v) is 4.19. The van der Waals surface area contributed by atoms with Gasteiger partial charge in [-0.15, -0.1) is 0 Å². The maximum Gasteiger partial charge on any atom is 0.270 e. The second-order valence-electron chi connectivity index (χ2n) is 6.33. The van der Waals surface area contributed by atoms with Gasteiger partial charge in [-0.3, -0.25) is 9.59 Å². The molecule has 1 aromatic heterocycles. The number of hydrogen-bond donors (Lipinski definition) is 1. The van der Waals surface area contributed by atoms with Crippen LogP contribution in [-0.2, 0) is 6.54 Å². The van der Waals surface area contributed by atoms with Gasteiger partial charge in [0.1, 0.15) is 11.4 Å². The first-order valence-corrected chi connectivity index (χ1v) is 8.51. The molecule has 0 atom stereocenters. The lowest BCUT2D eigenvalue weighted by Crippen LogP contribution is -2.24. The second kappa shape index (κ2) is 7.86. The summed E-state index contributed by atoms with van der Waals surface area (Å²) >= 11 is 0. The fourth-order valence-electron chi connectivity index (χ4n) is 2.65. The second-order valence-corrected chi connectivity index (χ2v) is 6.33. The van der Waals surface area contributed by atoms with Gasteiger partial charge in [-0.25, -0.2) is 4.98 Å². The number of nitrogens with zero attached hydrogens (tertiary/aromatic N) is 2. The van der Waals surface area contributed by atoms with E-state index in [4.69, 9.17) is 4.74 Å². The first-order chi connectivity index (χ1) is 13.0. The third kappa shape index (κ3) is 4.23. The predicted octanol–water partition coefficient (Wildman–Crippen LogP) is 2.88. The van der Waals surface area contributed by atoms with Gasteiger partial charge < -0.3 is 15.0 Å². The highest BCUT2D eigenvalue weighted by Gasteiger charge is 2.10. The standard InChI is InChI=1S/C21H21N3O3/c1-24(2)21(26)15-6-4-14(5-7-15)13-22-20(25)19-10-8-16-12-17(27-3)9-11-18(16)23-19/h4-12H,13H2,1-3H3,(H,22,25). The van der Waals surface area contributed by atoms with Gasteiger partial charge in [-0.1, -0.05) is 18.2 Å². The Morgan fingerprint density at radius 2 is 1.78 bits per heavy atom. The summed E-state index contributed by atoms with van der Waals surface area (Å²) in [5.41, 5.74) is 2.60. The van der Waals surface area contributed by atoms with E-state index < -0.39 is 0 Å². The van der Waals surface area contributed by atoms with Crippen molar-refractivity contribution in [1.82, 2.24) is 15.2 Å². The Morgan fingerprint density at radius 3 is 2.44 bits per heavy atom. The first kappa shape index (κ1) is 18.4. The summed E-state index contributed by atoms with van der Waals surface area (Å²) in [6.45, 7) is 0.359. The van der Waals surface area contributed by atoms with Crippen molar-refractivity contribution in [3.05, 3.63) is 71.4 Å². The normalized spacial score (nSPS) is 10.5. The predicted molar refractivity (Wildman–Crippen MR) is 104 cm³/mol. The van der Waals surface area contributed by atoms with Crippen LogP contribution in [0.5, 0.6) is 5.75 Å². The molecule has 6 heteroatoms. The zero-order chi connectivity index (χ0) is 19.4. The van der Waals surface area contributed by atoms with Crippen molar-refractivity contribution in [3.8, 4) is 5.75 Å². The third-order valence-electron chi connectivity index (χ3n) is 4.19. The van der Waals surface area contributed by atoms with Crippen LogP contribution in [0.2, 0.25) is 0 Å². The molecule has 0 unspecified atom stereocenters. The highest BCUT2D eigenvalue weighted by molar-refractivity contribution is 5.95. The lowest BCUT2D eigenvalue weighted by molar-refractivity contribution is 0.0827. The fourth-order valence-corrected chi connectivity index (χ4v) is 2.65. The lowest BCUT2D eigenvalue weighted by Gasteiger charge is -2.11. The number of aromatic nitrogens is 1. The van der Waals surface area contributed by atoms with Gasteiger partial charge in [0.25, 0.3) is 11.8 Å². The van der Waals surface area contributed by atoms with Crippen LogP contribution < -0.4 is 10.1 Å². The van der Waals surface area contributed by atoms with Gasteiger partial charge in [0.05, 0.1) is 12.6 Å². The lowest BCUT2D eigenvalue weighted by atomic mass is 10.1. The zero-order valence-electron chi connectivity index (χ0n) is 15.5. The number of benzene rings is 2. The molecule has 0 saturated carbocycles. The van der Waals surface area contributed by atoms with Crippen LogP contribution in [0.4, 0.5) is 0 Å². The van der Waals surface area contributed by atoms with Gasteiger partial charge in [0.15, 0.2) is 0 Å². The molecule has 0 aliphatic carbocycles. The largest absolute Gasteiger partial charge is 0.497 e. The molecule has 3 aromatic rings. The number of ether oxygens (including phenoxy) is 1. The van der Waals surface area contributed by atoms with Gasteiger partial charge >= 0.3 is 0 Å². The van der Waals surface area contributed by atoms with E-state index >= 15 is 0 Å². The summed E-state index contributed by atoms with van der Waals surface area (Å²) in [5, 5.41) is 3.76. The number of rotatable bonds is 5. The number of pyridine rings is 1. The molecule has 0 saturated heterocycles. The van der Waals surface area contributed by atoms with Crippen molar-refractivity contribution in [2.24, 2.45) is 0 Å². The smallest absolute Gasteiger partial charge is 0.270 e. The van der Waals surface area contributed by atoms with Gasteiger partial charge in [0, 0.05) is 31.6 Å². The summed E-state index contributed by atoms with van der Waals surface area (Å²) < 4.78 is 5.19. The van der Waals surface area contributed by atoms with E-state index in [9.17, 15) is 9.59 Å². The van der Waals surface area contributed by atoms with Gasteiger partial charge in [0.2, 0.25) is 0 Å². The molecule has 0 bridgehead atoms. The van der Waals surface area contributed by atoms with Crippen LogP contribution in [0.25, 0.3) is 10.9 Å². The van der Waals surface area contributed by atoms with Crippen LogP contribution in [-0.4, -0.2) is 42.9 Å². The first-order valence-electron chi connectivity index (χ1n) is 8.51. The van der Waals surface area contributed by atoms with Crippen LogP contribution in [0.3, 0.4) is 0 Å². The minimum absolute atomic E-state index is 0.0532. The molecule has 0 radical (unpaired) electrons. The summed E-state index contributed by atoms with van der Waals surface area (Å²) in [6, 6.07) is 16.2. The van der Waals surface area contributed by atoms with Crippen LogP contribution >= 0.6 is 0 Å². The monoisotopic (exact) mass is 363 g/mol. The average molecular weight is 363 g/mol. The molecular formula is C21H21N3O3. The highest BCUT2D eigenvalue weighted by atomic mass is 16.5. The minimum atomic E-state index is -0.249. The Labute approximate surface area is 157 Å². The Balaban J connectivity index is 1.67. The van der Waals surface area contributed by atoms with Crippen molar-refractivity contribution in [1.29, 1.82) is 0 Å². The van der Waals surface area contributed by atoms with E-state index in [0.717, 1.165) is 22.2 Å². The highest BCUT2D eigenvalue weighted by Crippen LogP contribution is 2.19. The number of fused-ring (bicyclic) bond motifs is 1. The number of nitrogens with one attached hydrogen (secondary N) is 1. The zero-order valence-corrected chi connectivity index (χ0v) is 15.5. The molecule has 2 amide bonds. The Morgan fingerprint density at radius 1 is 1.04 bits per heavy atom. The van der Waals surface area contributed by atoms with Crippen molar-refractivity contribution in [2.75, 3.05) is 21.2 Å². The Hall–Kier alpha value is -3.41. The molecule has 3 rings (SSSR count). The van der Waals surface area contributed by atoms with E-state index in [-0.39, 0.29) is 11.8 Å². The molecule has 6 nitrogen and oxygen atoms in total. The molecular weight excluding hydrogens is 342 g/mol. The van der Waals surface area contributed by atoms with Gasteiger partial charge in [-0.2, -0.15) is 0 Å². The van der Waals surface area contributed by atoms with E-state index in [1.54, 1.807) is 39.4 Å². The summed E-state index contributed by atoms with van der Waals surface area (Å²) in [7, 11) is 5.03. The summed E-state index contributed by atoms with van der Waals surface area (Å²) in [6.07, 6.45) is 0. The maximum absolute atomic E-state index is 12.4.